The molecule has 0 spiro atoms. The summed E-state index contributed by atoms with van der Waals surface area (Å²) in [6.07, 6.45) is 0. The van der Waals surface area contributed by atoms with E-state index in [1.807, 2.05) is 0 Å². The second-order valence-electron chi connectivity index (χ2n) is 1.97. The first-order valence-electron chi connectivity index (χ1n) is 3.24. The predicted molar refractivity (Wildman–Crippen MR) is 51.3 cm³/mol. The lowest BCUT2D eigenvalue weighted by atomic mass is 10.4. The summed E-state index contributed by atoms with van der Waals surface area (Å²) >= 11 is 0. The summed E-state index contributed by atoms with van der Waals surface area (Å²) in [6, 6.07) is 0. The van der Waals surface area contributed by atoms with Crippen LogP contribution in [-0.4, -0.2) is 26.2 Å². The van der Waals surface area contributed by atoms with Gasteiger partial charge in [-0.1, -0.05) is 14.0 Å². The molecular formula is C9H18O4. The van der Waals surface area contributed by atoms with E-state index in [0.717, 1.165) is 0 Å². The van der Waals surface area contributed by atoms with Crippen molar-refractivity contribution in [1.82, 2.24) is 0 Å². The minimum Gasteiger partial charge on any atom is -0.469 e. The van der Waals surface area contributed by atoms with Crippen LogP contribution in [0.4, 0.5) is 0 Å². The highest BCUT2D eigenvalue weighted by molar-refractivity contribution is 5.86. The molecule has 0 fully saturated rings. The van der Waals surface area contributed by atoms with Gasteiger partial charge in [0, 0.05) is 12.5 Å². The standard InChI is InChI=1S/C5H8O2.C3H6O2.CH4/c1-4(2)5(6)7-3;1-3(4)5-2;/h1H2,2-3H3;1-2H3;1H4. The lowest BCUT2D eigenvalue weighted by Crippen LogP contribution is -1.98. The second kappa shape index (κ2) is 10.7. The lowest BCUT2D eigenvalue weighted by Gasteiger charge is -1.91. The fourth-order valence-electron chi connectivity index (χ4n) is 0.174. The van der Waals surface area contributed by atoms with Crippen LogP contribution in [-0.2, 0) is 19.1 Å². The van der Waals surface area contributed by atoms with Crippen molar-refractivity contribution in [1.29, 1.82) is 0 Å². The van der Waals surface area contributed by atoms with E-state index in [-0.39, 0.29) is 19.4 Å². The largest absolute Gasteiger partial charge is 0.469 e. The Balaban J connectivity index is -0.000000150. The Morgan fingerprint density at radius 2 is 1.38 bits per heavy atom. The van der Waals surface area contributed by atoms with Gasteiger partial charge in [-0.25, -0.2) is 4.79 Å². The molecule has 4 heteroatoms. The molecule has 0 N–H and O–H groups in total. The first-order chi connectivity index (χ1) is 5.45. The van der Waals surface area contributed by atoms with Crippen molar-refractivity contribution in [3.63, 3.8) is 0 Å². The number of methoxy groups -OCH3 is 2. The zero-order valence-electron chi connectivity index (χ0n) is 7.84. The van der Waals surface area contributed by atoms with Crippen molar-refractivity contribution < 1.29 is 19.1 Å². The lowest BCUT2D eigenvalue weighted by molar-refractivity contribution is -0.138. The molecule has 0 aliphatic heterocycles. The molecule has 0 unspecified atom stereocenters. The molecule has 0 heterocycles. The highest BCUT2D eigenvalue weighted by Gasteiger charge is 1.95. The molecule has 0 rings (SSSR count). The van der Waals surface area contributed by atoms with E-state index >= 15 is 0 Å². The minimum absolute atomic E-state index is 0. The number of carbonyl (C=O) groups excluding carboxylic acids is 2. The van der Waals surface area contributed by atoms with Gasteiger partial charge in [0.15, 0.2) is 0 Å². The van der Waals surface area contributed by atoms with Gasteiger partial charge in [-0.3, -0.25) is 4.79 Å². The molecule has 0 atom stereocenters. The van der Waals surface area contributed by atoms with Crippen LogP contribution >= 0.6 is 0 Å². The van der Waals surface area contributed by atoms with Crippen molar-refractivity contribution in [2.45, 2.75) is 21.3 Å². The number of rotatable bonds is 1. The van der Waals surface area contributed by atoms with Gasteiger partial charge in [0.1, 0.15) is 0 Å². The Labute approximate surface area is 79.5 Å². The Bertz CT molecular complexity index is 172. The molecule has 0 aromatic rings. The summed E-state index contributed by atoms with van der Waals surface area (Å²) < 4.78 is 8.38. The highest BCUT2D eigenvalue weighted by Crippen LogP contribution is 1.87. The van der Waals surface area contributed by atoms with E-state index in [0.29, 0.717) is 5.57 Å². The zero-order valence-corrected chi connectivity index (χ0v) is 7.84. The van der Waals surface area contributed by atoms with Gasteiger partial charge in [0.25, 0.3) is 0 Å². The SMILES string of the molecule is C.C=C(C)C(=O)OC.COC(C)=O. The monoisotopic (exact) mass is 190 g/mol. The second-order valence-corrected chi connectivity index (χ2v) is 1.97. The van der Waals surface area contributed by atoms with E-state index < -0.39 is 0 Å². The Hall–Kier alpha value is -1.32. The van der Waals surface area contributed by atoms with Crippen LogP contribution in [0.3, 0.4) is 0 Å². The van der Waals surface area contributed by atoms with Crippen molar-refractivity contribution in [3.8, 4) is 0 Å². The van der Waals surface area contributed by atoms with Crippen molar-refractivity contribution in [3.05, 3.63) is 12.2 Å². The maximum Gasteiger partial charge on any atom is 0.332 e. The Kier molecular flexibility index (Phi) is 14.5. The van der Waals surface area contributed by atoms with Crippen LogP contribution in [0.25, 0.3) is 0 Å². The molecule has 0 radical (unpaired) electrons. The number of hydrogen-bond donors (Lipinski definition) is 0. The van der Waals surface area contributed by atoms with Crippen molar-refractivity contribution >= 4 is 11.9 Å². The van der Waals surface area contributed by atoms with Gasteiger partial charge < -0.3 is 9.47 Å². The molecule has 0 aromatic heterocycles. The predicted octanol–water partition coefficient (Wildman–Crippen LogP) is 1.55. The Morgan fingerprint density at radius 3 is 1.38 bits per heavy atom. The zero-order chi connectivity index (χ0) is 10.1. The van der Waals surface area contributed by atoms with Gasteiger partial charge in [-0.2, -0.15) is 0 Å². The van der Waals surface area contributed by atoms with E-state index in [1.54, 1.807) is 6.92 Å². The van der Waals surface area contributed by atoms with E-state index in [2.05, 4.69) is 16.1 Å². The van der Waals surface area contributed by atoms with Crippen LogP contribution in [0.5, 0.6) is 0 Å². The average molecular weight is 190 g/mol. The molecule has 0 saturated heterocycles. The summed E-state index contributed by atoms with van der Waals surface area (Å²) in [4.78, 5) is 19.8. The topological polar surface area (TPSA) is 52.6 Å². The molecule has 0 saturated carbocycles. The molecular weight excluding hydrogens is 172 g/mol. The van der Waals surface area contributed by atoms with Crippen LogP contribution in [0, 0.1) is 0 Å². The number of hydrogen-bond acceptors (Lipinski definition) is 4. The first-order valence-corrected chi connectivity index (χ1v) is 3.24. The minimum atomic E-state index is -0.347. The van der Waals surface area contributed by atoms with Gasteiger partial charge in [-0.05, 0) is 6.92 Å². The highest BCUT2D eigenvalue weighted by atomic mass is 16.5. The molecule has 0 aliphatic carbocycles. The van der Waals surface area contributed by atoms with Gasteiger partial charge in [0.2, 0.25) is 0 Å². The molecule has 0 bridgehead atoms. The first kappa shape index (κ1) is 17.7. The van der Waals surface area contributed by atoms with Crippen LogP contribution in [0.15, 0.2) is 12.2 Å². The summed E-state index contributed by atoms with van der Waals surface area (Å²) in [5.41, 5.74) is 0.433. The summed E-state index contributed by atoms with van der Waals surface area (Å²) in [5, 5.41) is 0. The van der Waals surface area contributed by atoms with Crippen LogP contribution < -0.4 is 0 Å². The molecule has 0 aliphatic rings. The smallest absolute Gasteiger partial charge is 0.332 e. The molecule has 78 valence electrons. The summed E-state index contributed by atoms with van der Waals surface area (Å²) in [6.45, 7) is 6.32. The van der Waals surface area contributed by atoms with Crippen molar-refractivity contribution in [2.75, 3.05) is 14.2 Å². The molecule has 0 amide bonds. The summed E-state index contributed by atoms with van der Waals surface area (Å²) in [5.74, 6) is -0.593. The number of carbonyl (C=O) groups is 2. The third-order valence-corrected chi connectivity index (χ3v) is 0.821. The van der Waals surface area contributed by atoms with Gasteiger partial charge in [-0.15, -0.1) is 0 Å². The van der Waals surface area contributed by atoms with E-state index in [4.69, 9.17) is 0 Å². The van der Waals surface area contributed by atoms with E-state index in [9.17, 15) is 9.59 Å². The maximum atomic E-state index is 10.2. The fourth-order valence-corrected chi connectivity index (χ4v) is 0.174. The average Bonchev–Trinajstić information content (AvgIpc) is 2.04. The fraction of sp³-hybridized carbons (Fsp3) is 0.556. The molecule has 0 aromatic carbocycles. The van der Waals surface area contributed by atoms with Crippen LogP contribution in [0.1, 0.15) is 21.3 Å². The summed E-state index contributed by atoms with van der Waals surface area (Å²) in [7, 11) is 2.68. The van der Waals surface area contributed by atoms with Crippen molar-refractivity contribution in [2.24, 2.45) is 0 Å². The normalized spacial score (nSPS) is 6.77. The van der Waals surface area contributed by atoms with E-state index in [1.165, 1.54) is 21.1 Å². The third-order valence-electron chi connectivity index (χ3n) is 0.821. The number of esters is 2. The molecule has 4 nitrogen and oxygen atoms in total. The Morgan fingerprint density at radius 1 is 1.08 bits per heavy atom. The van der Waals surface area contributed by atoms with Gasteiger partial charge >= 0.3 is 11.9 Å². The molecule has 13 heavy (non-hydrogen) atoms. The number of ether oxygens (including phenoxy) is 2. The van der Waals surface area contributed by atoms with Gasteiger partial charge in [0.05, 0.1) is 14.2 Å². The quantitative estimate of drug-likeness (QED) is 0.465. The van der Waals surface area contributed by atoms with Crippen LogP contribution in [0.2, 0.25) is 0 Å². The maximum absolute atomic E-state index is 10.2. The third kappa shape index (κ3) is 18.0.